The van der Waals surface area contributed by atoms with Crippen molar-refractivity contribution in [3.8, 4) is 0 Å². The third kappa shape index (κ3) is 2.76. The van der Waals surface area contributed by atoms with Crippen LogP contribution in [-0.2, 0) is 9.53 Å². The van der Waals surface area contributed by atoms with Crippen molar-refractivity contribution < 1.29 is 14.3 Å². The number of hydrogen-bond donors (Lipinski definition) is 1. The van der Waals surface area contributed by atoms with Crippen LogP contribution in [-0.4, -0.2) is 24.4 Å². The summed E-state index contributed by atoms with van der Waals surface area (Å²) in [5.74, 6) is 0.151. The van der Waals surface area contributed by atoms with Crippen LogP contribution in [0.25, 0.3) is 0 Å². The first-order chi connectivity index (χ1) is 8.58. The standard InChI is InChI=1S/C14H17NO3/c1-9-7-8-18-13(9)14(17)15-12-5-3-11(4-6-12)10(2)16/h3-6,9,13H,7-8H2,1-2H3,(H,15,17). The Morgan fingerprint density at radius 3 is 2.44 bits per heavy atom. The van der Waals surface area contributed by atoms with E-state index in [1.807, 2.05) is 6.92 Å². The largest absolute Gasteiger partial charge is 0.368 e. The van der Waals surface area contributed by atoms with Gasteiger partial charge >= 0.3 is 0 Å². The van der Waals surface area contributed by atoms with Gasteiger partial charge < -0.3 is 10.1 Å². The molecule has 0 aromatic heterocycles. The molecule has 1 aromatic carbocycles. The molecule has 18 heavy (non-hydrogen) atoms. The van der Waals surface area contributed by atoms with Gasteiger partial charge in [0.15, 0.2) is 5.78 Å². The molecular weight excluding hydrogens is 230 g/mol. The van der Waals surface area contributed by atoms with Crippen LogP contribution in [0.1, 0.15) is 30.6 Å². The fourth-order valence-corrected chi connectivity index (χ4v) is 2.03. The normalized spacial score (nSPS) is 22.8. The van der Waals surface area contributed by atoms with Crippen molar-refractivity contribution in [3.63, 3.8) is 0 Å². The zero-order valence-corrected chi connectivity index (χ0v) is 10.6. The lowest BCUT2D eigenvalue weighted by Crippen LogP contribution is -2.31. The maximum absolute atomic E-state index is 11.9. The summed E-state index contributed by atoms with van der Waals surface area (Å²) >= 11 is 0. The van der Waals surface area contributed by atoms with Gasteiger partial charge in [-0.1, -0.05) is 6.92 Å². The first-order valence-corrected chi connectivity index (χ1v) is 6.11. The van der Waals surface area contributed by atoms with E-state index in [4.69, 9.17) is 4.74 Å². The molecule has 1 aliphatic rings. The number of carbonyl (C=O) groups excluding carboxylic acids is 2. The molecule has 1 heterocycles. The van der Waals surface area contributed by atoms with Crippen LogP contribution in [0.5, 0.6) is 0 Å². The lowest BCUT2D eigenvalue weighted by Gasteiger charge is -2.14. The lowest BCUT2D eigenvalue weighted by molar-refractivity contribution is -0.126. The van der Waals surface area contributed by atoms with Gasteiger partial charge in [-0.15, -0.1) is 0 Å². The van der Waals surface area contributed by atoms with Crippen LogP contribution in [0.4, 0.5) is 5.69 Å². The van der Waals surface area contributed by atoms with Gasteiger partial charge in [0, 0.05) is 17.9 Å². The molecule has 4 heteroatoms. The summed E-state index contributed by atoms with van der Waals surface area (Å²) in [4.78, 5) is 23.1. The Balaban J connectivity index is 2.00. The predicted molar refractivity (Wildman–Crippen MR) is 68.6 cm³/mol. The molecule has 1 fully saturated rings. The Hall–Kier alpha value is -1.68. The summed E-state index contributed by atoms with van der Waals surface area (Å²) in [5, 5.41) is 2.81. The molecule has 0 radical (unpaired) electrons. The molecule has 96 valence electrons. The summed E-state index contributed by atoms with van der Waals surface area (Å²) in [7, 11) is 0. The zero-order valence-electron chi connectivity index (χ0n) is 10.6. The Labute approximate surface area is 106 Å². The molecule has 4 nitrogen and oxygen atoms in total. The second kappa shape index (κ2) is 5.31. The monoisotopic (exact) mass is 247 g/mol. The van der Waals surface area contributed by atoms with Crippen molar-refractivity contribution in [2.75, 3.05) is 11.9 Å². The Morgan fingerprint density at radius 2 is 1.94 bits per heavy atom. The zero-order chi connectivity index (χ0) is 13.1. The maximum atomic E-state index is 11.9. The quantitative estimate of drug-likeness (QED) is 0.833. The Bertz CT molecular complexity index is 453. The van der Waals surface area contributed by atoms with Crippen molar-refractivity contribution in [2.24, 2.45) is 5.92 Å². The minimum absolute atomic E-state index is 0.0145. The van der Waals surface area contributed by atoms with Crippen LogP contribution < -0.4 is 5.32 Å². The highest BCUT2D eigenvalue weighted by Crippen LogP contribution is 2.21. The van der Waals surface area contributed by atoms with Crippen LogP contribution in [0.2, 0.25) is 0 Å². The van der Waals surface area contributed by atoms with E-state index in [1.54, 1.807) is 24.3 Å². The van der Waals surface area contributed by atoms with E-state index in [0.717, 1.165) is 6.42 Å². The molecule has 0 aliphatic carbocycles. The minimum atomic E-state index is -0.363. The van der Waals surface area contributed by atoms with Crippen LogP contribution in [0.15, 0.2) is 24.3 Å². The van der Waals surface area contributed by atoms with Gasteiger partial charge in [0.25, 0.3) is 5.91 Å². The summed E-state index contributed by atoms with van der Waals surface area (Å²) < 4.78 is 5.40. The second-order valence-corrected chi connectivity index (χ2v) is 4.68. The molecule has 1 amide bonds. The Kier molecular flexibility index (Phi) is 3.77. The average molecular weight is 247 g/mol. The summed E-state index contributed by atoms with van der Waals surface area (Å²) in [6.07, 6.45) is 0.555. The highest BCUT2D eigenvalue weighted by atomic mass is 16.5. The molecule has 2 unspecified atom stereocenters. The van der Waals surface area contributed by atoms with Crippen molar-refractivity contribution in [2.45, 2.75) is 26.4 Å². The first kappa shape index (κ1) is 12.8. The smallest absolute Gasteiger partial charge is 0.253 e. The highest BCUT2D eigenvalue weighted by Gasteiger charge is 2.30. The molecule has 1 N–H and O–H groups in total. The predicted octanol–water partition coefficient (Wildman–Crippen LogP) is 2.25. The number of hydrogen-bond acceptors (Lipinski definition) is 3. The minimum Gasteiger partial charge on any atom is -0.368 e. The van der Waals surface area contributed by atoms with Gasteiger partial charge in [-0.25, -0.2) is 0 Å². The van der Waals surface area contributed by atoms with Gasteiger partial charge in [0.2, 0.25) is 0 Å². The van der Waals surface area contributed by atoms with Crippen LogP contribution in [0.3, 0.4) is 0 Å². The molecule has 0 saturated carbocycles. The number of Topliss-reactive ketones (excluding diaryl/α,β-unsaturated/α-hetero) is 1. The van der Waals surface area contributed by atoms with Gasteiger partial charge in [-0.05, 0) is 43.5 Å². The van der Waals surface area contributed by atoms with Gasteiger partial charge in [0.05, 0.1) is 0 Å². The SMILES string of the molecule is CC(=O)c1ccc(NC(=O)C2OCCC2C)cc1. The van der Waals surface area contributed by atoms with E-state index in [2.05, 4.69) is 5.32 Å². The molecule has 1 aliphatic heterocycles. The number of ether oxygens (including phenoxy) is 1. The number of anilines is 1. The fraction of sp³-hybridized carbons (Fsp3) is 0.429. The van der Waals surface area contributed by atoms with E-state index in [0.29, 0.717) is 17.9 Å². The van der Waals surface area contributed by atoms with E-state index in [9.17, 15) is 9.59 Å². The van der Waals surface area contributed by atoms with E-state index >= 15 is 0 Å². The van der Waals surface area contributed by atoms with Gasteiger partial charge in [-0.2, -0.15) is 0 Å². The summed E-state index contributed by atoms with van der Waals surface area (Å²) in [6, 6.07) is 6.87. The van der Waals surface area contributed by atoms with Crippen LogP contribution >= 0.6 is 0 Å². The maximum Gasteiger partial charge on any atom is 0.253 e. The van der Waals surface area contributed by atoms with Crippen molar-refractivity contribution in [1.29, 1.82) is 0 Å². The third-order valence-electron chi connectivity index (χ3n) is 3.20. The fourth-order valence-electron chi connectivity index (χ4n) is 2.03. The highest BCUT2D eigenvalue weighted by molar-refractivity contribution is 5.96. The molecule has 0 bridgehead atoms. The number of benzene rings is 1. The van der Waals surface area contributed by atoms with Gasteiger partial charge in [-0.3, -0.25) is 9.59 Å². The number of ketones is 1. The van der Waals surface area contributed by atoms with Crippen LogP contribution in [0, 0.1) is 5.92 Å². The van der Waals surface area contributed by atoms with E-state index in [-0.39, 0.29) is 23.7 Å². The number of rotatable bonds is 3. The topological polar surface area (TPSA) is 55.4 Å². The number of nitrogens with one attached hydrogen (secondary N) is 1. The second-order valence-electron chi connectivity index (χ2n) is 4.68. The van der Waals surface area contributed by atoms with Crippen molar-refractivity contribution in [1.82, 2.24) is 0 Å². The molecule has 2 atom stereocenters. The van der Waals surface area contributed by atoms with Crippen molar-refractivity contribution in [3.05, 3.63) is 29.8 Å². The number of amides is 1. The molecule has 0 spiro atoms. The van der Waals surface area contributed by atoms with E-state index < -0.39 is 0 Å². The van der Waals surface area contributed by atoms with E-state index in [1.165, 1.54) is 6.92 Å². The average Bonchev–Trinajstić information content (AvgIpc) is 2.76. The summed E-state index contributed by atoms with van der Waals surface area (Å²) in [5.41, 5.74) is 1.33. The molecule has 1 saturated heterocycles. The van der Waals surface area contributed by atoms with Gasteiger partial charge in [0.1, 0.15) is 6.10 Å². The molecule has 2 rings (SSSR count). The molecular formula is C14H17NO3. The first-order valence-electron chi connectivity index (χ1n) is 6.11. The van der Waals surface area contributed by atoms with Crippen molar-refractivity contribution >= 4 is 17.4 Å². The summed E-state index contributed by atoms with van der Waals surface area (Å²) in [6.45, 7) is 4.17. The lowest BCUT2D eigenvalue weighted by atomic mass is 10.0. The third-order valence-corrected chi connectivity index (χ3v) is 3.20. The number of carbonyl (C=O) groups is 2. The molecule has 1 aromatic rings. The Morgan fingerprint density at radius 1 is 1.28 bits per heavy atom.